The summed E-state index contributed by atoms with van der Waals surface area (Å²) in [7, 11) is 0. The molecular weight excluding hydrogens is 472 g/mol. The third-order valence-electron chi connectivity index (χ3n) is 8.00. The first-order valence-electron chi connectivity index (χ1n) is 12.8. The molecule has 4 aromatic carbocycles. The van der Waals surface area contributed by atoms with Gasteiger partial charge in [-0.3, -0.25) is 5.43 Å². The Morgan fingerprint density at radius 3 is 2.51 bits per heavy atom. The largest absolute Gasteiger partial charge is 0.457 e. The van der Waals surface area contributed by atoms with E-state index in [0.29, 0.717) is 0 Å². The molecule has 37 heavy (non-hydrogen) atoms. The molecular formula is C33H24N2OS. The molecule has 2 heterocycles. The van der Waals surface area contributed by atoms with Crippen LogP contribution in [0.25, 0.3) is 5.57 Å². The lowest BCUT2D eigenvalue weighted by atomic mass is 9.64. The maximum Gasteiger partial charge on any atom is 0.132 e. The van der Waals surface area contributed by atoms with E-state index in [9.17, 15) is 0 Å². The zero-order chi connectivity index (χ0) is 24.4. The smallest absolute Gasteiger partial charge is 0.132 e. The standard InChI is InChI=1S/C33H24N2OS/c1-2-10-21(11-3-1)31-34-35-32(37-31)22-18-19-28-30(20-22)36-29-17-9-8-16-27(29)33(28)25-14-6-4-12-23(25)24-13-5-7-15-26(24)33/h1-6,8-14,16-20,32,35H,7,15H2. The minimum absolute atomic E-state index is 0.0421. The second-order valence-corrected chi connectivity index (χ2v) is 11.0. The number of para-hydroxylation sites is 1. The number of hydrogen-bond donors (Lipinski definition) is 1. The van der Waals surface area contributed by atoms with E-state index in [4.69, 9.17) is 4.74 Å². The molecule has 4 aromatic rings. The van der Waals surface area contributed by atoms with E-state index in [1.165, 1.54) is 33.4 Å². The predicted molar refractivity (Wildman–Crippen MR) is 151 cm³/mol. The van der Waals surface area contributed by atoms with Gasteiger partial charge in [-0.25, -0.2) is 0 Å². The van der Waals surface area contributed by atoms with Crippen LogP contribution in [-0.4, -0.2) is 5.04 Å². The minimum Gasteiger partial charge on any atom is -0.457 e. The van der Waals surface area contributed by atoms with Crippen LogP contribution in [0.2, 0.25) is 0 Å². The predicted octanol–water partition coefficient (Wildman–Crippen LogP) is 7.94. The number of nitrogens with zero attached hydrogens (tertiary/aromatic N) is 1. The van der Waals surface area contributed by atoms with E-state index >= 15 is 0 Å². The molecule has 0 saturated heterocycles. The average molecular weight is 497 g/mol. The van der Waals surface area contributed by atoms with Crippen LogP contribution in [0.5, 0.6) is 11.5 Å². The van der Waals surface area contributed by atoms with Crippen LogP contribution in [0.4, 0.5) is 0 Å². The number of rotatable bonds is 2. The summed E-state index contributed by atoms with van der Waals surface area (Å²) < 4.78 is 6.66. The zero-order valence-electron chi connectivity index (χ0n) is 20.1. The highest BCUT2D eigenvalue weighted by molar-refractivity contribution is 8.14. The molecule has 1 spiro atoms. The number of fused-ring (bicyclic) bond motifs is 8. The van der Waals surface area contributed by atoms with E-state index in [-0.39, 0.29) is 10.8 Å². The fourth-order valence-corrected chi connectivity index (χ4v) is 7.48. The quantitative estimate of drug-likeness (QED) is 0.306. The summed E-state index contributed by atoms with van der Waals surface area (Å²) in [4.78, 5) is 0. The van der Waals surface area contributed by atoms with Gasteiger partial charge in [-0.05, 0) is 52.8 Å². The number of thioether (sulfide) groups is 1. The SMILES string of the molecule is C1=CC2=C(CC1)C1(c3ccccc3Oc3cc(C4NN=C(c5ccccc5)S4)ccc31)c1ccccc12. The molecule has 0 bridgehead atoms. The summed E-state index contributed by atoms with van der Waals surface area (Å²) in [5.41, 5.74) is 13.4. The van der Waals surface area contributed by atoms with Crippen molar-refractivity contribution in [2.75, 3.05) is 0 Å². The number of ether oxygens (including phenoxy) is 1. The van der Waals surface area contributed by atoms with Crippen LogP contribution in [0.3, 0.4) is 0 Å². The highest BCUT2D eigenvalue weighted by Crippen LogP contribution is 2.63. The number of hydrogen-bond acceptors (Lipinski definition) is 4. The second kappa shape index (κ2) is 7.99. The van der Waals surface area contributed by atoms with Crippen molar-refractivity contribution < 1.29 is 4.74 Å². The highest BCUT2D eigenvalue weighted by Gasteiger charge is 2.52. The van der Waals surface area contributed by atoms with Crippen molar-refractivity contribution in [1.29, 1.82) is 0 Å². The normalized spacial score (nSPS) is 22.5. The van der Waals surface area contributed by atoms with Gasteiger partial charge in [0.05, 0.1) is 5.41 Å². The van der Waals surface area contributed by atoms with Crippen LogP contribution < -0.4 is 10.2 Å². The van der Waals surface area contributed by atoms with Crippen LogP contribution >= 0.6 is 11.8 Å². The molecule has 0 amide bonds. The van der Waals surface area contributed by atoms with Crippen molar-refractivity contribution >= 4 is 22.4 Å². The Morgan fingerprint density at radius 2 is 1.59 bits per heavy atom. The number of hydrazone groups is 1. The maximum absolute atomic E-state index is 6.66. The summed E-state index contributed by atoms with van der Waals surface area (Å²) in [5, 5.41) is 5.70. The van der Waals surface area contributed by atoms with Crippen molar-refractivity contribution in [3.05, 3.63) is 148 Å². The van der Waals surface area contributed by atoms with Crippen LogP contribution in [0, 0.1) is 0 Å². The van der Waals surface area contributed by atoms with E-state index in [0.717, 1.165) is 40.5 Å². The van der Waals surface area contributed by atoms with Crippen molar-refractivity contribution in [1.82, 2.24) is 5.43 Å². The zero-order valence-corrected chi connectivity index (χ0v) is 21.0. The molecule has 0 aromatic heterocycles. The van der Waals surface area contributed by atoms with E-state index in [2.05, 4.69) is 114 Å². The van der Waals surface area contributed by atoms with Gasteiger partial charge in [0, 0.05) is 16.7 Å². The average Bonchev–Trinajstić information content (AvgIpc) is 3.57. The molecule has 2 unspecified atom stereocenters. The molecule has 178 valence electrons. The Bertz CT molecular complexity index is 1670. The van der Waals surface area contributed by atoms with Crippen molar-refractivity contribution in [3.8, 4) is 11.5 Å². The first-order chi connectivity index (χ1) is 18.3. The fraction of sp³-hybridized carbons (Fsp3) is 0.121. The Kier molecular flexibility index (Phi) is 4.56. The van der Waals surface area contributed by atoms with Gasteiger partial charge in [-0.15, -0.1) is 0 Å². The van der Waals surface area contributed by atoms with Crippen LogP contribution in [-0.2, 0) is 5.41 Å². The Labute approximate surface area is 220 Å². The second-order valence-electron chi connectivity index (χ2n) is 9.89. The molecule has 2 aliphatic carbocycles. The number of allylic oxidation sites excluding steroid dienone is 4. The fourth-order valence-electron chi connectivity index (χ4n) is 6.49. The van der Waals surface area contributed by atoms with Gasteiger partial charge in [0.25, 0.3) is 0 Å². The maximum atomic E-state index is 6.66. The first kappa shape index (κ1) is 21.1. The third kappa shape index (κ3) is 2.93. The molecule has 8 rings (SSSR count). The molecule has 0 saturated carbocycles. The Balaban J connectivity index is 1.29. The first-order valence-corrected chi connectivity index (χ1v) is 13.7. The lowest BCUT2D eigenvalue weighted by molar-refractivity contribution is 0.431. The van der Waals surface area contributed by atoms with Crippen LogP contribution in [0.1, 0.15) is 51.6 Å². The molecule has 0 fully saturated rings. The molecule has 4 heteroatoms. The lowest BCUT2D eigenvalue weighted by Crippen LogP contribution is -2.33. The Morgan fingerprint density at radius 1 is 0.811 bits per heavy atom. The molecule has 3 nitrogen and oxygen atoms in total. The van der Waals surface area contributed by atoms with Crippen molar-refractivity contribution in [3.63, 3.8) is 0 Å². The van der Waals surface area contributed by atoms with Gasteiger partial charge in [-0.2, -0.15) is 5.10 Å². The van der Waals surface area contributed by atoms with Crippen LogP contribution in [0.15, 0.2) is 120 Å². The van der Waals surface area contributed by atoms with Crippen molar-refractivity contribution in [2.45, 2.75) is 23.6 Å². The minimum atomic E-state index is -0.332. The van der Waals surface area contributed by atoms with Crippen molar-refractivity contribution in [2.24, 2.45) is 5.10 Å². The number of nitrogens with one attached hydrogen (secondary N) is 1. The van der Waals surface area contributed by atoms with Gasteiger partial charge < -0.3 is 4.74 Å². The summed E-state index contributed by atoms with van der Waals surface area (Å²) in [6.07, 6.45) is 6.76. The lowest BCUT2D eigenvalue weighted by Gasteiger charge is -2.41. The summed E-state index contributed by atoms with van der Waals surface area (Å²) in [6.45, 7) is 0. The van der Waals surface area contributed by atoms with E-state index in [1.807, 2.05) is 6.07 Å². The highest BCUT2D eigenvalue weighted by atomic mass is 32.2. The molecule has 0 radical (unpaired) electrons. The molecule has 2 atom stereocenters. The van der Waals surface area contributed by atoms with E-state index < -0.39 is 0 Å². The topological polar surface area (TPSA) is 33.6 Å². The van der Waals surface area contributed by atoms with Gasteiger partial charge in [0.15, 0.2) is 0 Å². The summed E-state index contributed by atoms with van der Waals surface area (Å²) >= 11 is 1.75. The van der Waals surface area contributed by atoms with Gasteiger partial charge >= 0.3 is 0 Å². The monoisotopic (exact) mass is 496 g/mol. The molecule has 1 N–H and O–H groups in total. The van der Waals surface area contributed by atoms with Gasteiger partial charge in [0.2, 0.25) is 0 Å². The van der Waals surface area contributed by atoms with Gasteiger partial charge in [0.1, 0.15) is 21.9 Å². The number of benzene rings is 4. The van der Waals surface area contributed by atoms with Gasteiger partial charge in [-0.1, -0.05) is 109 Å². The third-order valence-corrected chi connectivity index (χ3v) is 9.17. The summed E-state index contributed by atoms with van der Waals surface area (Å²) in [5.74, 6) is 1.88. The summed E-state index contributed by atoms with van der Waals surface area (Å²) in [6, 6.07) is 34.7. The Hall–Kier alpha value is -4.02. The molecule has 4 aliphatic rings. The molecule has 2 aliphatic heterocycles. The van der Waals surface area contributed by atoms with E-state index in [1.54, 1.807) is 11.8 Å².